The molecule has 0 aliphatic carbocycles. The number of rotatable bonds is 5. The van der Waals surface area contributed by atoms with E-state index in [0.29, 0.717) is 0 Å². The van der Waals surface area contributed by atoms with Gasteiger partial charge in [0.25, 0.3) is 0 Å². The fourth-order valence-corrected chi connectivity index (χ4v) is 2.64. The maximum atomic E-state index is 12.5. The second kappa shape index (κ2) is 7.13. The molecule has 0 amide bonds. The Kier molecular flexibility index (Phi) is 6.04. The highest BCUT2D eigenvalue weighted by Crippen LogP contribution is 2.31. The van der Waals surface area contributed by atoms with E-state index in [0.717, 1.165) is 18.1 Å². The van der Waals surface area contributed by atoms with E-state index in [9.17, 15) is 21.6 Å². The van der Waals surface area contributed by atoms with E-state index in [-0.39, 0.29) is 23.7 Å². The number of nitrogens with one attached hydrogen (secondary N) is 2. The quantitative estimate of drug-likeness (QED) is 0.319. The van der Waals surface area contributed by atoms with Gasteiger partial charge in [-0.25, -0.2) is 4.98 Å². The minimum absolute atomic E-state index is 0.00856. The largest absolute Gasteiger partial charge is 0.433 e. The Morgan fingerprint density at radius 3 is 2.76 bits per heavy atom. The Bertz CT molecular complexity index is 598. The van der Waals surface area contributed by atoms with E-state index in [1.54, 1.807) is 0 Å². The molecule has 3 N–H and O–H groups in total. The summed E-state index contributed by atoms with van der Waals surface area (Å²) in [5, 5.41) is 1.63. The number of alkyl halides is 3. The number of halogens is 3. The van der Waals surface area contributed by atoms with E-state index in [1.165, 1.54) is 7.05 Å². The zero-order chi connectivity index (χ0) is 16.1. The van der Waals surface area contributed by atoms with Crippen LogP contribution in [-0.2, 0) is 22.0 Å². The van der Waals surface area contributed by atoms with Crippen LogP contribution in [0.1, 0.15) is 11.4 Å². The number of aromatic nitrogens is 2. The zero-order valence-electron chi connectivity index (χ0n) is 10.8. The Morgan fingerprint density at radius 2 is 2.24 bits per heavy atom. The fourth-order valence-electron chi connectivity index (χ4n) is 1.35. The van der Waals surface area contributed by atoms with Gasteiger partial charge in [0.1, 0.15) is 5.69 Å². The highest BCUT2D eigenvalue weighted by Gasteiger charge is 2.35. The van der Waals surface area contributed by atoms with Gasteiger partial charge in [-0.1, -0.05) is 0 Å². The van der Waals surface area contributed by atoms with Gasteiger partial charge in [-0.05, 0) is 0 Å². The molecule has 0 unspecified atom stereocenters. The first kappa shape index (κ1) is 17.8. The Morgan fingerprint density at radius 1 is 1.57 bits per heavy atom. The van der Waals surface area contributed by atoms with Crippen LogP contribution in [0.5, 0.6) is 0 Å². The summed E-state index contributed by atoms with van der Waals surface area (Å²) < 4.78 is 67.9. The average molecular weight is 346 g/mol. The van der Waals surface area contributed by atoms with Crippen molar-refractivity contribution in [3.05, 3.63) is 17.7 Å². The smallest absolute Gasteiger partial charge is 0.362 e. The van der Waals surface area contributed by atoms with Crippen molar-refractivity contribution in [3.8, 4) is 0 Å². The predicted octanol–water partition coefficient (Wildman–Crippen LogP) is 1.12. The van der Waals surface area contributed by atoms with Crippen LogP contribution in [0.15, 0.2) is 11.3 Å². The van der Waals surface area contributed by atoms with Gasteiger partial charge in [0.05, 0.1) is 18.6 Å². The van der Waals surface area contributed by atoms with Gasteiger partial charge in [-0.3, -0.25) is 9.55 Å². The third-order valence-electron chi connectivity index (χ3n) is 2.19. The van der Waals surface area contributed by atoms with Crippen LogP contribution in [0.3, 0.4) is 0 Å². The lowest BCUT2D eigenvalue weighted by molar-refractivity contribution is -0.141. The maximum absolute atomic E-state index is 12.5. The van der Waals surface area contributed by atoms with Crippen LogP contribution in [0.25, 0.3) is 0 Å². The molecular formula is C9H13F3N4O3S2. The number of aliphatic imine (C=N–C) groups is 1. The number of hydrogen-bond acceptors (Lipinski definition) is 5. The summed E-state index contributed by atoms with van der Waals surface area (Å²) in [6, 6.07) is 0. The molecule has 0 radical (unpaired) electrons. The first-order valence-corrected chi connectivity index (χ1v) is 8.12. The molecule has 21 heavy (non-hydrogen) atoms. The number of hydrogen-bond donors (Lipinski definition) is 3. The minimum Gasteiger partial charge on any atom is -0.362 e. The SMILES string of the molecule is CN/C(=N\CCSCc1nc[nH]c1C(F)(F)F)S(=O)(=O)O. The van der Waals surface area contributed by atoms with Gasteiger partial charge in [0, 0.05) is 18.6 Å². The maximum Gasteiger partial charge on any atom is 0.433 e. The molecule has 12 heteroatoms. The summed E-state index contributed by atoms with van der Waals surface area (Å²) in [7, 11) is -3.13. The normalized spacial score (nSPS) is 13.5. The summed E-state index contributed by atoms with van der Waals surface area (Å²) in [4.78, 5) is 9.22. The van der Waals surface area contributed by atoms with Crippen LogP contribution >= 0.6 is 11.8 Å². The number of thioether (sulfide) groups is 1. The van der Waals surface area contributed by atoms with Crippen molar-refractivity contribution in [3.63, 3.8) is 0 Å². The van der Waals surface area contributed by atoms with E-state index in [4.69, 9.17) is 4.55 Å². The predicted molar refractivity (Wildman–Crippen MR) is 72.7 cm³/mol. The molecule has 0 spiro atoms. The lowest BCUT2D eigenvalue weighted by Gasteiger charge is -2.06. The molecule has 0 aromatic carbocycles. The fraction of sp³-hybridized carbons (Fsp3) is 0.556. The molecule has 1 aromatic heterocycles. The third kappa shape index (κ3) is 5.55. The van der Waals surface area contributed by atoms with Gasteiger partial charge in [-0.2, -0.15) is 33.4 Å². The number of amidine groups is 1. The van der Waals surface area contributed by atoms with Gasteiger partial charge in [-0.15, -0.1) is 0 Å². The van der Waals surface area contributed by atoms with Crippen LogP contribution < -0.4 is 5.32 Å². The molecule has 0 fully saturated rings. The van der Waals surface area contributed by atoms with Crippen molar-refractivity contribution in [2.24, 2.45) is 4.99 Å². The van der Waals surface area contributed by atoms with E-state index in [2.05, 4.69) is 15.3 Å². The van der Waals surface area contributed by atoms with Crippen LogP contribution in [0.4, 0.5) is 13.2 Å². The topological polar surface area (TPSA) is 107 Å². The molecule has 1 rings (SSSR count). The lowest BCUT2D eigenvalue weighted by atomic mass is 10.3. The van der Waals surface area contributed by atoms with Crippen molar-refractivity contribution in [2.45, 2.75) is 11.9 Å². The van der Waals surface area contributed by atoms with Gasteiger partial charge < -0.3 is 10.3 Å². The van der Waals surface area contributed by atoms with E-state index in [1.807, 2.05) is 4.98 Å². The second-order valence-corrected chi connectivity index (χ2v) is 6.13. The summed E-state index contributed by atoms with van der Waals surface area (Å²) in [5.74, 6) is 0.277. The number of H-pyrrole nitrogens is 1. The Hall–Kier alpha value is -1.27. The van der Waals surface area contributed by atoms with Crippen LogP contribution in [-0.4, -0.2) is 47.5 Å². The Balaban J connectivity index is 2.49. The zero-order valence-corrected chi connectivity index (χ0v) is 12.4. The van der Waals surface area contributed by atoms with Gasteiger partial charge >= 0.3 is 16.3 Å². The van der Waals surface area contributed by atoms with Crippen molar-refractivity contribution in [2.75, 3.05) is 19.3 Å². The molecule has 0 bridgehead atoms. The highest BCUT2D eigenvalue weighted by atomic mass is 32.2. The summed E-state index contributed by atoms with van der Waals surface area (Å²) >= 11 is 1.11. The first-order valence-electron chi connectivity index (χ1n) is 5.53. The molecule has 120 valence electrons. The highest BCUT2D eigenvalue weighted by molar-refractivity contribution is 8.01. The van der Waals surface area contributed by atoms with Crippen LogP contribution in [0.2, 0.25) is 0 Å². The van der Waals surface area contributed by atoms with Crippen molar-refractivity contribution in [1.29, 1.82) is 0 Å². The average Bonchev–Trinajstić information content (AvgIpc) is 2.80. The first-order chi connectivity index (χ1) is 9.66. The molecular weight excluding hydrogens is 333 g/mol. The molecule has 0 saturated carbocycles. The van der Waals surface area contributed by atoms with Gasteiger partial charge in [0.15, 0.2) is 0 Å². The van der Waals surface area contributed by atoms with Crippen molar-refractivity contribution in [1.82, 2.24) is 15.3 Å². The number of imidazole rings is 1. The standard InChI is InChI=1S/C9H13F3N4O3S2/c1-13-8(21(17,18)19)14-2-3-20-4-6-7(9(10,11)12)16-5-15-6/h5H,2-4H2,1H3,(H,13,14)(H,15,16)(H,17,18,19). The minimum atomic E-state index is -4.49. The Labute approximate surface area is 123 Å². The molecule has 0 aliphatic rings. The molecule has 0 saturated heterocycles. The monoisotopic (exact) mass is 346 g/mol. The van der Waals surface area contributed by atoms with Crippen molar-refractivity contribution < 1.29 is 26.1 Å². The molecule has 7 nitrogen and oxygen atoms in total. The summed E-state index contributed by atoms with van der Waals surface area (Å²) in [6.45, 7) is 0.0202. The van der Waals surface area contributed by atoms with E-state index >= 15 is 0 Å². The third-order valence-corrected chi connectivity index (χ3v) is 3.96. The molecule has 1 heterocycles. The summed E-state index contributed by atoms with van der Waals surface area (Å²) in [6.07, 6.45) is -3.52. The van der Waals surface area contributed by atoms with Crippen molar-refractivity contribution >= 4 is 27.0 Å². The molecule has 0 atom stereocenters. The van der Waals surface area contributed by atoms with E-state index < -0.39 is 27.2 Å². The number of aromatic amines is 1. The molecule has 1 aromatic rings. The molecule has 0 aliphatic heterocycles. The van der Waals surface area contributed by atoms with Crippen LogP contribution in [0, 0.1) is 0 Å². The lowest BCUT2D eigenvalue weighted by Crippen LogP contribution is -2.28. The summed E-state index contributed by atoms with van der Waals surface area (Å²) in [5.41, 5.74) is -1.02. The van der Waals surface area contributed by atoms with Gasteiger partial charge in [0.2, 0.25) is 5.17 Å². The second-order valence-electron chi connectivity index (χ2n) is 3.69. The number of nitrogens with zero attached hydrogens (tertiary/aromatic N) is 2.